The summed E-state index contributed by atoms with van der Waals surface area (Å²) in [5.41, 5.74) is 0.420. The van der Waals surface area contributed by atoms with Crippen LogP contribution in [0, 0.1) is 0 Å². The van der Waals surface area contributed by atoms with Crippen LogP contribution >= 0.6 is 24.8 Å². The van der Waals surface area contributed by atoms with E-state index >= 15 is 0 Å². The van der Waals surface area contributed by atoms with Crippen LogP contribution in [-0.4, -0.2) is 64.1 Å². The molecule has 0 spiro atoms. The van der Waals surface area contributed by atoms with Crippen molar-refractivity contribution in [2.24, 2.45) is 0 Å². The third-order valence-corrected chi connectivity index (χ3v) is 4.14. The zero-order valence-corrected chi connectivity index (χ0v) is 16.7. The van der Waals surface area contributed by atoms with Crippen LogP contribution in [0.2, 0.25) is 0 Å². The number of carbonyl (C=O) groups is 1. The first kappa shape index (κ1) is 22.4. The molecule has 0 bridgehead atoms. The number of piperidine rings is 1. The normalized spacial score (nSPS) is 16.7. The lowest BCUT2D eigenvalue weighted by molar-refractivity contribution is 0.102. The SMILES string of the molecule is CN(C)CCn1ccc(NC(=O)c2ccn(C3CCCNC3)n2)n1.Cl.Cl. The van der Waals surface area contributed by atoms with Crippen LogP contribution < -0.4 is 10.6 Å². The van der Waals surface area contributed by atoms with Crippen LogP contribution in [0.4, 0.5) is 5.82 Å². The predicted molar refractivity (Wildman–Crippen MR) is 107 cm³/mol. The van der Waals surface area contributed by atoms with Gasteiger partial charge in [0.2, 0.25) is 0 Å². The summed E-state index contributed by atoms with van der Waals surface area (Å²) in [5.74, 6) is 0.322. The van der Waals surface area contributed by atoms with Gasteiger partial charge in [-0.2, -0.15) is 10.2 Å². The van der Waals surface area contributed by atoms with E-state index in [-0.39, 0.29) is 30.7 Å². The zero-order valence-electron chi connectivity index (χ0n) is 15.1. The first-order valence-electron chi connectivity index (χ1n) is 8.37. The van der Waals surface area contributed by atoms with Crippen LogP contribution in [0.15, 0.2) is 24.5 Å². The summed E-state index contributed by atoms with van der Waals surface area (Å²) in [6.45, 7) is 3.64. The van der Waals surface area contributed by atoms with Crippen molar-refractivity contribution in [3.63, 3.8) is 0 Å². The highest BCUT2D eigenvalue weighted by molar-refractivity contribution is 6.02. The van der Waals surface area contributed by atoms with Crippen molar-refractivity contribution in [3.05, 3.63) is 30.2 Å². The molecule has 3 rings (SSSR count). The Hall–Kier alpha value is -1.61. The number of rotatable bonds is 6. The van der Waals surface area contributed by atoms with E-state index in [0.29, 0.717) is 17.6 Å². The van der Waals surface area contributed by atoms with Crippen molar-refractivity contribution >= 4 is 36.5 Å². The van der Waals surface area contributed by atoms with Gasteiger partial charge in [-0.1, -0.05) is 0 Å². The summed E-state index contributed by atoms with van der Waals surface area (Å²) in [4.78, 5) is 14.4. The van der Waals surface area contributed by atoms with E-state index in [4.69, 9.17) is 0 Å². The molecule has 26 heavy (non-hydrogen) atoms. The molecule has 0 aromatic carbocycles. The molecule has 0 saturated carbocycles. The number of amides is 1. The van der Waals surface area contributed by atoms with E-state index in [9.17, 15) is 4.79 Å². The number of likely N-dealkylation sites (N-methyl/N-ethyl adjacent to an activating group) is 1. The lowest BCUT2D eigenvalue weighted by atomic mass is 10.1. The van der Waals surface area contributed by atoms with Gasteiger partial charge in [0.15, 0.2) is 11.5 Å². The molecule has 2 aromatic rings. The monoisotopic (exact) mass is 403 g/mol. The fourth-order valence-electron chi connectivity index (χ4n) is 2.76. The third-order valence-electron chi connectivity index (χ3n) is 4.14. The van der Waals surface area contributed by atoms with E-state index in [0.717, 1.165) is 39.0 Å². The van der Waals surface area contributed by atoms with E-state index in [1.165, 1.54) is 0 Å². The molecular formula is C16H27Cl2N7O. The number of hydrogen-bond donors (Lipinski definition) is 2. The van der Waals surface area contributed by atoms with Gasteiger partial charge in [0, 0.05) is 31.5 Å². The molecule has 0 aliphatic carbocycles. The number of aromatic nitrogens is 4. The van der Waals surface area contributed by atoms with Crippen molar-refractivity contribution in [2.75, 3.05) is 39.0 Å². The van der Waals surface area contributed by atoms with Crippen LogP contribution in [0.25, 0.3) is 0 Å². The van der Waals surface area contributed by atoms with Gasteiger partial charge in [-0.15, -0.1) is 24.8 Å². The Kier molecular flexibility index (Phi) is 9.07. The van der Waals surface area contributed by atoms with Crippen molar-refractivity contribution in [1.29, 1.82) is 0 Å². The Morgan fingerprint density at radius 3 is 2.81 bits per heavy atom. The average molecular weight is 404 g/mol. The van der Waals surface area contributed by atoms with E-state index in [2.05, 4.69) is 25.7 Å². The molecule has 1 saturated heterocycles. The van der Waals surface area contributed by atoms with Crippen molar-refractivity contribution < 1.29 is 4.79 Å². The number of nitrogens with one attached hydrogen (secondary N) is 2. The molecule has 0 radical (unpaired) electrons. The maximum Gasteiger partial charge on any atom is 0.277 e. The molecule has 146 valence electrons. The van der Waals surface area contributed by atoms with E-state index < -0.39 is 0 Å². The van der Waals surface area contributed by atoms with Crippen LogP contribution in [-0.2, 0) is 6.54 Å². The summed E-state index contributed by atoms with van der Waals surface area (Å²) < 4.78 is 3.71. The smallest absolute Gasteiger partial charge is 0.277 e. The van der Waals surface area contributed by atoms with Crippen molar-refractivity contribution in [1.82, 2.24) is 29.8 Å². The third kappa shape index (κ3) is 5.98. The topological polar surface area (TPSA) is 80.0 Å². The molecule has 1 fully saturated rings. The molecule has 10 heteroatoms. The Morgan fingerprint density at radius 2 is 2.12 bits per heavy atom. The Balaban J connectivity index is 0.00000169. The van der Waals surface area contributed by atoms with Gasteiger partial charge < -0.3 is 15.5 Å². The lowest BCUT2D eigenvalue weighted by Gasteiger charge is -2.22. The summed E-state index contributed by atoms with van der Waals surface area (Å²) in [6.07, 6.45) is 5.97. The average Bonchev–Trinajstić information content (AvgIpc) is 3.23. The predicted octanol–water partition coefficient (Wildman–Crippen LogP) is 1.66. The first-order chi connectivity index (χ1) is 11.6. The molecule has 3 heterocycles. The fourth-order valence-corrected chi connectivity index (χ4v) is 2.76. The number of hydrogen-bond acceptors (Lipinski definition) is 5. The second-order valence-corrected chi connectivity index (χ2v) is 6.40. The minimum Gasteiger partial charge on any atom is -0.315 e. The van der Waals surface area contributed by atoms with Crippen LogP contribution in [0.5, 0.6) is 0 Å². The molecule has 1 amide bonds. The second-order valence-electron chi connectivity index (χ2n) is 6.40. The van der Waals surface area contributed by atoms with E-state index in [1.807, 2.05) is 35.9 Å². The number of anilines is 1. The largest absolute Gasteiger partial charge is 0.315 e. The van der Waals surface area contributed by atoms with Crippen LogP contribution in [0.1, 0.15) is 29.4 Å². The van der Waals surface area contributed by atoms with Gasteiger partial charge in [-0.3, -0.25) is 14.2 Å². The molecule has 2 N–H and O–H groups in total. The Labute approximate surface area is 166 Å². The molecular weight excluding hydrogens is 377 g/mol. The number of nitrogens with zero attached hydrogens (tertiary/aromatic N) is 5. The van der Waals surface area contributed by atoms with Crippen LogP contribution in [0.3, 0.4) is 0 Å². The van der Waals surface area contributed by atoms with Crippen molar-refractivity contribution in [2.45, 2.75) is 25.4 Å². The standard InChI is InChI=1S/C16H25N7O.2ClH/c1-21(2)10-11-22-8-6-15(20-22)18-16(24)14-5-9-23(19-14)13-4-3-7-17-12-13;;/h5-6,8-9,13,17H,3-4,7,10-12H2,1-2H3,(H,18,20,24);2*1H. The molecule has 1 unspecified atom stereocenters. The quantitative estimate of drug-likeness (QED) is 0.766. The van der Waals surface area contributed by atoms with Gasteiger partial charge in [0.05, 0.1) is 12.6 Å². The maximum absolute atomic E-state index is 12.3. The van der Waals surface area contributed by atoms with Gasteiger partial charge in [0.1, 0.15) is 0 Å². The maximum atomic E-state index is 12.3. The fraction of sp³-hybridized carbons (Fsp3) is 0.562. The Morgan fingerprint density at radius 1 is 1.31 bits per heavy atom. The molecule has 1 atom stereocenters. The van der Waals surface area contributed by atoms with Gasteiger partial charge in [-0.05, 0) is 39.5 Å². The summed E-state index contributed by atoms with van der Waals surface area (Å²) >= 11 is 0. The minimum atomic E-state index is -0.227. The summed E-state index contributed by atoms with van der Waals surface area (Å²) in [6, 6.07) is 3.88. The molecule has 1 aliphatic rings. The highest BCUT2D eigenvalue weighted by atomic mass is 35.5. The number of carbonyl (C=O) groups excluding carboxylic acids is 1. The van der Waals surface area contributed by atoms with Gasteiger partial charge >= 0.3 is 0 Å². The first-order valence-corrected chi connectivity index (χ1v) is 8.37. The number of halogens is 2. The highest BCUT2D eigenvalue weighted by Gasteiger charge is 2.18. The highest BCUT2D eigenvalue weighted by Crippen LogP contribution is 2.16. The van der Waals surface area contributed by atoms with Gasteiger partial charge in [0.25, 0.3) is 5.91 Å². The molecule has 1 aliphatic heterocycles. The summed E-state index contributed by atoms with van der Waals surface area (Å²) in [7, 11) is 4.04. The van der Waals surface area contributed by atoms with Gasteiger partial charge in [-0.25, -0.2) is 0 Å². The van der Waals surface area contributed by atoms with E-state index in [1.54, 1.807) is 12.1 Å². The molecule has 2 aromatic heterocycles. The summed E-state index contributed by atoms with van der Waals surface area (Å²) in [5, 5.41) is 14.9. The Bertz CT molecular complexity index is 680. The zero-order chi connectivity index (χ0) is 16.9. The van der Waals surface area contributed by atoms with Crippen molar-refractivity contribution in [3.8, 4) is 0 Å². The minimum absolute atomic E-state index is 0. The lowest BCUT2D eigenvalue weighted by Crippen LogP contribution is -2.32. The second kappa shape index (κ2) is 10.5. The molecule has 8 nitrogen and oxygen atoms in total.